The summed E-state index contributed by atoms with van der Waals surface area (Å²) in [5, 5.41) is 2.22. The zero-order chi connectivity index (χ0) is 22.2. The van der Waals surface area contributed by atoms with Crippen LogP contribution in [0.4, 0.5) is 18.9 Å². The van der Waals surface area contributed by atoms with Crippen LogP contribution in [0, 0.1) is 0 Å². The lowest BCUT2D eigenvalue weighted by Crippen LogP contribution is -2.32. The molecule has 0 bridgehead atoms. The second-order valence-electron chi connectivity index (χ2n) is 8.88. The Hall–Kier alpha value is -2.08. The van der Waals surface area contributed by atoms with Crippen molar-refractivity contribution < 1.29 is 18.0 Å². The molecule has 0 unspecified atom stereocenters. The van der Waals surface area contributed by atoms with Crippen LogP contribution in [0.5, 0.6) is 0 Å². The Balaban J connectivity index is 1.58. The fourth-order valence-corrected chi connectivity index (χ4v) is 5.53. The second-order valence-corrected chi connectivity index (χ2v) is 8.88. The van der Waals surface area contributed by atoms with Gasteiger partial charge in [-0.2, -0.15) is 13.2 Å². The lowest BCUT2D eigenvalue weighted by molar-refractivity contribution is -0.136. The molecule has 1 saturated heterocycles. The Kier molecular flexibility index (Phi) is 6.03. The van der Waals surface area contributed by atoms with E-state index in [0.717, 1.165) is 73.0 Å². The first-order valence-corrected chi connectivity index (χ1v) is 11.5. The maximum absolute atomic E-state index is 13.3. The van der Waals surface area contributed by atoms with Gasteiger partial charge in [0.25, 0.3) is 0 Å². The third-order valence-corrected chi connectivity index (χ3v) is 7.28. The van der Waals surface area contributed by atoms with Crippen LogP contribution in [0.15, 0.2) is 30.3 Å². The third-order valence-electron chi connectivity index (χ3n) is 7.28. The number of carbonyl (C=O) groups excluding carboxylic acids is 1. The molecule has 1 aliphatic carbocycles. The minimum Gasteiger partial charge on any atom is -0.370 e. The molecule has 3 nitrogen and oxygen atoms in total. The van der Waals surface area contributed by atoms with Gasteiger partial charge in [-0.05, 0) is 55.8 Å². The number of hydrogen-bond donors (Lipinski definition) is 0. The normalized spacial score (nSPS) is 19.3. The lowest BCUT2D eigenvalue weighted by atomic mass is 9.75. The maximum Gasteiger partial charge on any atom is 0.389 e. The van der Waals surface area contributed by atoms with Crippen LogP contribution in [-0.2, 0) is 5.41 Å². The van der Waals surface area contributed by atoms with Crippen molar-refractivity contribution in [2.24, 2.45) is 0 Å². The zero-order valence-corrected chi connectivity index (χ0v) is 18.4. The summed E-state index contributed by atoms with van der Waals surface area (Å²) in [7, 11) is 0. The number of nitrogens with zero attached hydrogens (tertiary/aromatic N) is 2. The van der Waals surface area contributed by atoms with Crippen LogP contribution in [0.2, 0.25) is 0 Å². The largest absolute Gasteiger partial charge is 0.389 e. The lowest BCUT2D eigenvalue weighted by Gasteiger charge is -2.28. The summed E-state index contributed by atoms with van der Waals surface area (Å²) in [5.41, 5.74) is 2.70. The van der Waals surface area contributed by atoms with Gasteiger partial charge >= 0.3 is 6.18 Å². The first-order valence-electron chi connectivity index (χ1n) is 11.5. The molecule has 2 aromatic rings. The van der Waals surface area contributed by atoms with Crippen LogP contribution >= 0.6 is 0 Å². The van der Waals surface area contributed by atoms with Gasteiger partial charge in [-0.15, -0.1) is 0 Å². The van der Waals surface area contributed by atoms with Crippen molar-refractivity contribution >= 4 is 22.2 Å². The molecule has 0 aromatic heterocycles. The van der Waals surface area contributed by atoms with E-state index in [4.69, 9.17) is 0 Å². The minimum atomic E-state index is -4.08. The van der Waals surface area contributed by atoms with Crippen LogP contribution in [0.3, 0.4) is 0 Å². The van der Waals surface area contributed by atoms with Crippen molar-refractivity contribution in [1.29, 1.82) is 0 Å². The quantitative estimate of drug-likeness (QED) is 0.564. The van der Waals surface area contributed by atoms with Gasteiger partial charge in [0, 0.05) is 42.7 Å². The summed E-state index contributed by atoms with van der Waals surface area (Å²) in [4.78, 5) is 17.8. The molecule has 1 fully saturated rings. The van der Waals surface area contributed by atoms with Crippen molar-refractivity contribution in [3.63, 3.8) is 0 Å². The van der Waals surface area contributed by atoms with Gasteiger partial charge in [0.15, 0.2) is 5.78 Å². The molecule has 0 radical (unpaired) electrons. The molecule has 4 rings (SSSR count). The number of rotatable bonds is 6. The Bertz CT molecular complexity index is 965. The molecular formula is C25H31F3N2O. The SMILES string of the molecule is CCC1(CC)C(=O)c2cccc3c(N4CCCN(CCCC(F)(F)F)CC4)ccc1c23. The summed E-state index contributed by atoms with van der Waals surface area (Å²) in [6.45, 7) is 7.91. The summed E-state index contributed by atoms with van der Waals surface area (Å²) < 4.78 is 37.4. The van der Waals surface area contributed by atoms with Crippen molar-refractivity contribution in [3.05, 3.63) is 41.5 Å². The number of hydrogen-bond acceptors (Lipinski definition) is 3. The summed E-state index contributed by atoms with van der Waals surface area (Å²) in [6.07, 6.45) is -2.13. The van der Waals surface area contributed by atoms with Gasteiger partial charge in [0.1, 0.15) is 0 Å². The number of ketones is 1. The fourth-order valence-electron chi connectivity index (χ4n) is 5.53. The highest BCUT2D eigenvalue weighted by atomic mass is 19.4. The molecule has 0 N–H and O–H groups in total. The van der Waals surface area contributed by atoms with Gasteiger partial charge in [0.05, 0.1) is 5.41 Å². The molecule has 0 saturated carbocycles. The van der Waals surface area contributed by atoms with Crippen molar-refractivity contribution in [1.82, 2.24) is 4.90 Å². The summed E-state index contributed by atoms with van der Waals surface area (Å²) >= 11 is 0. The van der Waals surface area contributed by atoms with Crippen LogP contribution in [-0.4, -0.2) is 49.6 Å². The highest BCUT2D eigenvalue weighted by Crippen LogP contribution is 2.48. The Morgan fingerprint density at radius 3 is 2.48 bits per heavy atom. The van der Waals surface area contributed by atoms with Crippen LogP contribution < -0.4 is 4.90 Å². The number of alkyl halides is 3. The number of halogens is 3. The molecule has 31 heavy (non-hydrogen) atoms. The highest BCUT2D eigenvalue weighted by molar-refractivity contribution is 6.22. The Labute approximate surface area is 182 Å². The Morgan fingerprint density at radius 2 is 1.77 bits per heavy atom. The van der Waals surface area contributed by atoms with E-state index in [1.54, 1.807) is 0 Å². The van der Waals surface area contributed by atoms with Crippen molar-refractivity contribution in [3.8, 4) is 0 Å². The van der Waals surface area contributed by atoms with E-state index in [9.17, 15) is 18.0 Å². The number of Topliss-reactive ketones (excluding diaryl/α,β-unsaturated/α-hetero) is 1. The fraction of sp³-hybridized carbons (Fsp3) is 0.560. The first-order chi connectivity index (χ1) is 14.8. The number of anilines is 1. The standard InChI is InChI=1S/C25H31F3N2O/c1-3-24(4-2)20-10-11-21(18-8-5-9-19(22(18)20)23(24)31)30-15-7-14-29(16-17-30)13-6-12-25(26,27)28/h5,8-11H,3-4,6-7,12-17H2,1-2H3. The monoisotopic (exact) mass is 432 g/mol. The van der Waals surface area contributed by atoms with Crippen LogP contribution in [0.25, 0.3) is 10.8 Å². The van der Waals surface area contributed by atoms with E-state index in [2.05, 4.69) is 41.8 Å². The first kappa shape index (κ1) is 22.1. The Morgan fingerprint density at radius 1 is 1.00 bits per heavy atom. The zero-order valence-electron chi connectivity index (χ0n) is 18.4. The minimum absolute atomic E-state index is 0.155. The van der Waals surface area contributed by atoms with Gasteiger partial charge in [-0.1, -0.05) is 38.1 Å². The molecule has 2 aliphatic rings. The van der Waals surface area contributed by atoms with Gasteiger partial charge in [-0.25, -0.2) is 0 Å². The van der Waals surface area contributed by atoms with Gasteiger partial charge in [-0.3, -0.25) is 4.79 Å². The maximum atomic E-state index is 13.3. The second kappa shape index (κ2) is 8.45. The average Bonchev–Trinajstić information content (AvgIpc) is 2.87. The smallest absolute Gasteiger partial charge is 0.370 e. The molecule has 6 heteroatoms. The van der Waals surface area contributed by atoms with Crippen molar-refractivity contribution in [2.75, 3.05) is 37.6 Å². The number of benzene rings is 2. The number of carbonyl (C=O) groups is 1. The van der Waals surface area contributed by atoms with E-state index in [-0.39, 0.29) is 12.2 Å². The highest BCUT2D eigenvalue weighted by Gasteiger charge is 2.44. The molecule has 2 aromatic carbocycles. The van der Waals surface area contributed by atoms with E-state index < -0.39 is 18.0 Å². The molecule has 0 amide bonds. The predicted octanol–water partition coefficient (Wildman–Crippen LogP) is 5.95. The summed E-state index contributed by atoms with van der Waals surface area (Å²) in [5.74, 6) is 0.238. The molecular weight excluding hydrogens is 401 g/mol. The van der Waals surface area contributed by atoms with E-state index in [1.165, 1.54) is 0 Å². The molecule has 1 heterocycles. The topological polar surface area (TPSA) is 23.6 Å². The van der Waals surface area contributed by atoms with E-state index in [0.29, 0.717) is 6.54 Å². The van der Waals surface area contributed by atoms with E-state index in [1.807, 2.05) is 12.1 Å². The van der Waals surface area contributed by atoms with Crippen molar-refractivity contribution in [2.45, 2.75) is 57.5 Å². The van der Waals surface area contributed by atoms with Crippen LogP contribution in [0.1, 0.15) is 61.9 Å². The third kappa shape index (κ3) is 3.95. The van der Waals surface area contributed by atoms with Gasteiger partial charge in [0.2, 0.25) is 0 Å². The molecule has 1 aliphatic heterocycles. The summed E-state index contributed by atoms with van der Waals surface area (Å²) in [6, 6.07) is 10.3. The molecule has 0 atom stereocenters. The van der Waals surface area contributed by atoms with Gasteiger partial charge < -0.3 is 9.80 Å². The molecule has 168 valence electrons. The van der Waals surface area contributed by atoms with E-state index >= 15 is 0 Å². The molecule has 0 spiro atoms. The average molecular weight is 433 g/mol. The predicted molar refractivity (Wildman–Crippen MR) is 119 cm³/mol.